The number of carbonyl (C=O) groups excluding carboxylic acids is 2. The quantitative estimate of drug-likeness (QED) is 0.583. The molecule has 1 rings (SSSR count). The minimum Gasteiger partial charge on any atom is -0.467 e. The SMILES string of the molecule is CCCCOC(=O)NC1(C(=O)OC)CCC(O)CC1. The lowest BCUT2D eigenvalue weighted by Gasteiger charge is -2.36. The van der Waals surface area contributed by atoms with Crippen LogP contribution in [-0.2, 0) is 14.3 Å². The van der Waals surface area contributed by atoms with Crippen LogP contribution in [0.1, 0.15) is 45.4 Å². The number of aliphatic hydroxyl groups excluding tert-OH is 1. The van der Waals surface area contributed by atoms with Crippen LogP contribution >= 0.6 is 0 Å². The van der Waals surface area contributed by atoms with Crippen LogP contribution in [0.5, 0.6) is 0 Å². The summed E-state index contributed by atoms with van der Waals surface area (Å²) >= 11 is 0. The lowest BCUT2D eigenvalue weighted by Crippen LogP contribution is -2.57. The van der Waals surface area contributed by atoms with Crippen molar-refractivity contribution in [3.63, 3.8) is 0 Å². The van der Waals surface area contributed by atoms with Crippen molar-refractivity contribution in [3.8, 4) is 0 Å². The summed E-state index contributed by atoms with van der Waals surface area (Å²) in [7, 11) is 1.29. The molecule has 6 heteroatoms. The van der Waals surface area contributed by atoms with E-state index in [0.717, 1.165) is 12.8 Å². The number of ether oxygens (including phenoxy) is 2. The van der Waals surface area contributed by atoms with E-state index in [9.17, 15) is 14.7 Å². The second-order valence-electron chi connectivity index (χ2n) is 4.92. The average molecular weight is 273 g/mol. The molecule has 6 nitrogen and oxygen atoms in total. The summed E-state index contributed by atoms with van der Waals surface area (Å²) < 4.78 is 9.78. The van der Waals surface area contributed by atoms with E-state index < -0.39 is 23.7 Å². The van der Waals surface area contributed by atoms with E-state index >= 15 is 0 Å². The zero-order chi connectivity index (χ0) is 14.3. The molecule has 0 aromatic carbocycles. The first kappa shape index (κ1) is 15.8. The lowest BCUT2D eigenvalue weighted by molar-refractivity contribution is -0.150. The van der Waals surface area contributed by atoms with Crippen LogP contribution in [-0.4, -0.2) is 42.5 Å². The molecule has 1 fully saturated rings. The predicted molar refractivity (Wildman–Crippen MR) is 68.6 cm³/mol. The third-order valence-corrected chi connectivity index (χ3v) is 3.46. The van der Waals surface area contributed by atoms with E-state index in [2.05, 4.69) is 5.32 Å². The summed E-state index contributed by atoms with van der Waals surface area (Å²) in [6.07, 6.45) is 2.35. The Morgan fingerprint density at radius 1 is 1.37 bits per heavy atom. The van der Waals surface area contributed by atoms with E-state index in [1.165, 1.54) is 7.11 Å². The van der Waals surface area contributed by atoms with Gasteiger partial charge in [-0.2, -0.15) is 0 Å². The van der Waals surface area contributed by atoms with Crippen LogP contribution in [0, 0.1) is 0 Å². The fourth-order valence-corrected chi connectivity index (χ4v) is 2.21. The molecule has 0 aliphatic heterocycles. The Labute approximate surface area is 113 Å². The molecule has 0 spiro atoms. The Morgan fingerprint density at radius 2 is 2.00 bits per heavy atom. The van der Waals surface area contributed by atoms with Crippen LogP contribution in [0.4, 0.5) is 4.79 Å². The van der Waals surface area contributed by atoms with Crippen molar-refractivity contribution in [2.75, 3.05) is 13.7 Å². The predicted octanol–water partition coefficient (Wildman–Crippen LogP) is 1.36. The van der Waals surface area contributed by atoms with Gasteiger partial charge in [0.25, 0.3) is 0 Å². The summed E-state index contributed by atoms with van der Waals surface area (Å²) in [6.45, 7) is 2.34. The van der Waals surface area contributed by atoms with Gasteiger partial charge in [-0.3, -0.25) is 0 Å². The number of unbranched alkanes of at least 4 members (excludes halogenated alkanes) is 1. The number of amides is 1. The Morgan fingerprint density at radius 3 is 2.53 bits per heavy atom. The zero-order valence-electron chi connectivity index (χ0n) is 11.6. The van der Waals surface area contributed by atoms with Gasteiger partial charge < -0.3 is 19.9 Å². The number of esters is 1. The number of aliphatic hydroxyl groups is 1. The second kappa shape index (κ2) is 7.33. The van der Waals surface area contributed by atoms with E-state index in [4.69, 9.17) is 9.47 Å². The van der Waals surface area contributed by atoms with Gasteiger partial charge in [0, 0.05) is 0 Å². The third-order valence-electron chi connectivity index (χ3n) is 3.46. The molecule has 0 bridgehead atoms. The molecule has 0 aromatic heterocycles. The molecule has 0 unspecified atom stereocenters. The van der Waals surface area contributed by atoms with E-state index in [1.54, 1.807) is 0 Å². The summed E-state index contributed by atoms with van der Waals surface area (Å²) in [5.74, 6) is -0.480. The zero-order valence-corrected chi connectivity index (χ0v) is 11.6. The van der Waals surface area contributed by atoms with Crippen molar-refractivity contribution in [1.29, 1.82) is 0 Å². The van der Waals surface area contributed by atoms with Gasteiger partial charge in [-0.05, 0) is 32.1 Å². The van der Waals surface area contributed by atoms with Crippen LogP contribution in [0.25, 0.3) is 0 Å². The molecule has 0 atom stereocenters. The molecule has 0 saturated heterocycles. The number of methoxy groups -OCH3 is 1. The standard InChI is InChI=1S/C13H23NO5/c1-3-4-9-19-12(17)14-13(11(16)18-2)7-5-10(15)6-8-13/h10,15H,3-9H2,1-2H3,(H,14,17). The van der Waals surface area contributed by atoms with Crippen molar-refractivity contribution < 1.29 is 24.2 Å². The molecular weight excluding hydrogens is 250 g/mol. The van der Waals surface area contributed by atoms with Gasteiger partial charge in [-0.15, -0.1) is 0 Å². The van der Waals surface area contributed by atoms with Crippen molar-refractivity contribution in [2.45, 2.75) is 57.1 Å². The summed E-state index contributed by atoms with van der Waals surface area (Å²) in [5, 5.41) is 12.1. The van der Waals surface area contributed by atoms with E-state index in [0.29, 0.717) is 32.3 Å². The normalized spacial score (nSPS) is 26.6. The highest BCUT2D eigenvalue weighted by Crippen LogP contribution is 2.29. The van der Waals surface area contributed by atoms with Crippen LogP contribution in [0.3, 0.4) is 0 Å². The van der Waals surface area contributed by atoms with Gasteiger partial charge in [0.2, 0.25) is 0 Å². The number of rotatable bonds is 5. The Balaban J connectivity index is 2.60. The van der Waals surface area contributed by atoms with E-state index in [-0.39, 0.29) is 0 Å². The number of alkyl carbamates (subject to hydrolysis) is 1. The van der Waals surface area contributed by atoms with Crippen LogP contribution < -0.4 is 5.32 Å². The lowest BCUT2D eigenvalue weighted by atomic mass is 9.80. The van der Waals surface area contributed by atoms with E-state index in [1.807, 2.05) is 6.92 Å². The van der Waals surface area contributed by atoms with Gasteiger partial charge in [0.05, 0.1) is 19.8 Å². The molecule has 1 saturated carbocycles. The minimum absolute atomic E-state index is 0.336. The Hall–Kier alpha value is -1.30. The van der Waals surface area contributed by atoms with Gasteiger partial charge >= 0.3 is 12.1 Å². The van der Waals surface area contributed by atoms with Gasteiger partial charge in [-0.1, -0.05) is 13.3 Å². The average Bonchev–Trinajstić information content (AvgIpc) is 2.41. The highest BCUT2D eigenvalue weighted by Gasteiger charge is 2.44. The summed E-state index contributed by atoms with van der Waals surface area (Å²) in [6, 6.07) is 0. The molecule has 2 N–H and O–H groups in total. The first-order valence-corrected chi connectivity index (χ1v) is 6.75. The Kier molecular flexibility index (Phi) is 6.08. The molecule has 1 aliphatic rings. The summed E-state index contributed by atoms with van der Waals surface area (Å²) in [4.78, 5) is 23.6. The van der Waals surface area contributed by atoms with Crippen molar-refractivity contribution in [2.24, 2.45) is 0 Å². The van der Waals surface area contributed by atoms with Crippen LogP contribution in [0.2, 0.25) is 0 Å². The first-order chi connectivity index (χ1) is 9.04. The molecule has 0 aromatic rings. The Bertz CT molecular complexity index is 310. The fourth-order valence-electron chi connectivity index (χ4n) is 2.21. The van der Waals surface area contributed by atoms with Gasteiger partial charge in [-0.25, -0.2) is 9.59 Å². The minimum atomic E-state index is -1.06. The van der Waals surface area contributed by atoms with Gasteiger partial charge in [0.1, 0.15) is 5.54 Å². The smallest absolute Gasteiger partial charge is 0.408 e. The molecule has 1 aliphatic carbocycles. The number of carbonyl (C=O) groups is 2. The molecular formula is C13H23NO5. The largest absolute Gasteiger partial charge is 0.467 e. The van der Waals surface area contributed by atoms with Crippen molar-refractivity contribution in [3.05, 3.63) is 0 Å². The van der Waals surface area contributed by atoms with Crippen molar-refractivity contribution >= 4 is 12.1 Å². The fraction of sp³-hybridized carbons (Fsp3) is 0.846. The number of nitrogens with one attached hydrogen (secondary N) is 1. The topological polar surface area (TPSA) is 84.9 Å². The molecule has 1 amide bonds. The molecule has 19 heavy (non-hydrogen) atoms. The second-order valence-corrected chi connectivity index (χ2v) is 4.92. The molecule has 0 heterocycles. The third kappa shape index (κ3) is 4.38. The maximum atomic E-state index is 11.9. The van der Waals surface area contributed by atoms with Crippen LogP contribution in [0.15, 0.2) is 0 Å². The highest BCUT2D eigenvalue weighted by atomic mass is 16.6. The number of hydrogen-bond donors (Lipinski definition) is 2. The molecule has 110 valence electrons. The van der Waals surface area contributed by atoms with Gasteiger partial charge in [0.15, 0.2) is 0 Å². The highest BCUT2D eigenvalue weighted by molar-refractivity contribution is 5.85. The van der Waals surface area contributed by atoms with Crippen molar-refractivity contribution in [1.82, 2.24) is 5.32 Å². The maximum Gasteiger partial charge on any atom is 0.408 e. The molecule has 0 radical (unpaired) electrons. The first-order valence-electron chi connectivity index (χ1n) is 6.75. The monoisotopic (exact) mass is 273 g/mol. The summed E-state index contributed by atoms with van der Waals surface area (Å²) in [5.41, 5.74) is -1.06. The number of hydrogen-bond acceptors (Lipinski definition) is 5. The maximum absolute atomic E-state index is 11.9.